The van der Waals surface area contributed by atoms with Crippen LogP contribution in [-0.4, -0.2) is 13.5 Å². The molecule has 92 valence electrons. The second-order valence-corrected chi connectivity index (χ2v) is 6.24. The van der Waals surface area contributed by atoms with E-state index >= 15 is 0 Å². The fourth-order valence-electron chi connectivity index (χ4n) is 1.23. The molecule has 17 heavy (non-hydrogen) atoms. The van der Waals surface area contributed by atoms with Gasteiger partial charge in [0.2, 0.25) is 10.0 Å². The van der Waals surface area contributed by atoms with Crippen LogP contribution in [0, 0.1) is 0 Å². The molecule has 0 fully saturated rings. The molecule has 0 radical (unpaired) electrons. The van der Waals surface area contributed by atoms with Crippen LogP contribution in [0.4, 0.5) is 0 Å². The Balaban J connectivity index is 2.08. The van der Waals surface area contributed by atoms with Crippen molar-refractivity contribution in [3.05, 3.63) is 41.2 Å². The zero-order valence-electron chi connectivity index (χ0n) is 8.79. The zero-order chi connectivity index (χ0) is 12.3. The molecule has 2 heterocycles. The summed E-state index contributed by atoms with van der Waals surface area (Å²) in [5.41, 5.74) is 0.591. The predicted octanol–water partition coefficient (Wildman–Crippen LogP) is 1.31. The van der Waals surface area contributed by atoms with Crippen LogP contribution in [-0.2, 0) is 23.2 Å². The number of aliphatic hydroxyl groups excluding tert-OH is 1. The Morgan fingerprint density at radius 1 is 1.47 bits per heavy atom. The molecule has 0 aromatic carbocycles. The highest BCUT2D eigenvalue weighted by Crippen LogP contribution is 2.20. The summed E-state index contributed by atoms with van der Waals surface area (Å²) >= 11 is 1.08. The van der Waals surface area contributed by atoms with E-state index in [1.54, 1.807) is 17.5 Å². The van der Waals surface area contributed by atoms with Crippen LogP contribution in [0.3, 0.4) is 0 Å². The van der Waals surface area contributed by atoms with Crippen molar-refractivity contribution >= 4 is 21.4 Å². The second kappa shape index (κ2) is 5.01. The molecular weight excluding hydrogens is 262 g/mol. The zero-order valence-corrected chi connectivity index (χ0v) is 10.4. The van der Waals surface area contributed by atoms with Gasteiger partial charge < -0.3 is 9.52 Å². The number of sulfonamides is 1. The van der Waals surface area contributed by atoms with E-state index in [0.717, 1.165) is 11.3 Å². The minimum atomic E-state index is -3.53. The fourth-order valence-corrected chi connectivity index (χ4v) is 3.47. The molecule has 5 nitrogen and oxygen atoms in total. The van der Waals surface area contributed by atoms with Crippen LogP contribution in [0.1, 0.15) is 11.3 Å². The van der Waals surface area contributed by atoms with Gasteiger partial charge in [-0.05, 0) is 29.1 Å². The van der Waals surface area contributed by atoms with Gasteiger partial charge in [0.05, 0.1) is 19.4 Å². The van der Waals surface area contributed by atoms with E-state index < -0.39 is 10.0 Å². The Morgan fingerprint density at radius 3 is 2.88 bits per heavy atom. The molecule has 0 unspecified atom stereocenters. The van der Waals surface area contributed by atoms with Crippen LogP contribution in [0.25, 0.3) is 0 Å². The van der Waals surface area contributed by atoms with Crippen molar-refractivity contribution in [2.24, 2.45) is 0 Å². The fraction of sp³-hybridized carbons (Fsp3) is 0.200. The SMILES string of the molecule is O=S(=O)(NCc1ccco1)c1cc(CO)cs1. The lowest BCUT2D eigenvalue weighted by atomic mass is 10.4. The Kier molecular flexibility index (Phi) is 3.63. The number of thiophene rings is 1. The molecule has 2 rings (SSSR count). The lowest BCUT2D eigenvalue weighted by Gasteiger charge is -2.01. The minimum absolute atomic E-state index is 0.113. The van der Waals surface area contributed by atoms with Crippen LogP contribution in [0.2, 0.25) is 0 Å². The maximum atomic E-state index is 11.8. The van der Waals surface area contributed by atoms with E-state index in [0.29, 0.717) is 11.3 Å². The lowest BCUT2D eigenvalue weighted by molar-refractivity contribution is 0.282. The molecule has 0 atom stereocenters. The normalized spacial score (nSPS) is 11.8. The largest absolute Gasteiger partial charge is 0.468 e. The van der Waals surface area contributed by atoms with Crippen LogP contribution >= 0.6 is 11.3 Å². The molecule has 0 amide bonds. The second-order valence-electron chi connectivity index (χ2n) is 3.34. The minimum Gasteiger partial charge on any atom is -0.468 e. The first-order valence-corrected chi connectivity index (χ1v) is 7.18. The molecule has 0 aliphatic rings. The highest BCUT2D eigenvalue weighted by Gasteiger charge is 2.16. The number of rotatable bonds is 5. The summed E-state index contributed by atoms with van der Waals surface area (Å²) in [5, 5.41) is 10.5. The number of furan rings is 1. The van der Waals surface area contributed by atoms with E-state index in [-0.39, 0.29) is 17.4 Å². The third-order valence-electron chi connectivity index (χ3n) is 2.09. The third-order valence-corrected chi connectivity index (χ3v) is 4.98. The topological polar surface area (TPSA) is 79.5 Å². The van der Waals surface area contributed by atoms with Crippen molar-refractivity contribution in [1.82, 2.24) is 4.72 Å². The smallest absolute Gasteiger partial charge is 0.250 e. The van der Waals surface area contributed by atoms with Gasteiger partial charge in [-0.25, -0.2) is 13.1 Å². The molecule has 0 aliphatic carbocycles. The molecule has 2 N–H and O–H groups in total. The van der Waals surface area contributed by atoms with Crippen molar-refractivity contribution < 1.29 is 17.9 Å². The summed E-state index contributed by atoms with van der Waals surface area (Å²) in [6, 6.07) is 4.84. The summed E-state index contributed by atoms with van der Waals surface area (Å²) in [6.45, 7) is -0.0497. The van der Waals surface area contributed by atoms with E-state index in [9.17, 15) is 8.42 Å². The monoisotopic (exact) mass is 273 g/mol. The van der Waals surface area contributed by atoms with Crippen molar-refractivity contribution in [2.75, 3.05) is 0 Å². The van der Waals surface area contributed by atoms with Gasteiger partial charge in [-0.3, -0.25) is 0 Å². The van der Waals surface area contributed by atoms with E-state index in [4.69, 9.17) is 9.52 Å². The van der Waals surface area contributed by atoms with Crippen molar-refractivity contribution in [3.63, 3.8) is 0 Å². The highest BCUT2D eigenvalue weighted by atomic mass is 32.2. The Labute approximate surface area is 103 Å². The Bertz CT molecular complexity index is 571. The molecule has 0 aliphatic heterocycles. The van der Waals surface area contributed by atoms with Crippen LogP contribution < -0.4 is 4.72 Å². The van der Waals surface area contributed by atoms with Crippen LogP contribution in [0.15, 0.2) is 38.5 Å². The predicted molar refractivity (Wildman–Crippen MR) is 63.0 cm³/mol. The number of nitrogens with one attached hydrogen (secondary N) is 1. The molecule has 0 saturated carbocycles. The van der Waals surface area contributed by atoms with Crippen molar-refractivity contribution in [1.29, 1.82) is 0 Å². The first kappa shape index (κ1) is 12.3. The number of hydrogen-bond donors (Lipinski definition) is 2. The average Bonchev–Trinajstić information content (AvgIpc) is 2.98. The maximum absolute atomic E-state index is 11.8. The van der Waals surface area contributed by atoms with Gasteiger partial charge in [-0.1, -0.05) is 0 Å². The van der Waals surface area contributed by atoms with Gasteiger partial charge in [0.1, 0.15) is 9.97 Å². The van der Waals surface area contributed by atoms with Crippen LogP contribution in [0.5, 0.6) is 0 Å². The Morgan fingerprint density at radius 2 is 2.29 bits per heavy atom. The van der Waals surface area contributed by atoms with Gasteiger partial charge in [0.25, 0.3) is 0 Å². The summed E-state index contributed by atoms with van der Waals surface area (Å²) in [4.78, 5) is 0. The molecule has 0 saturated heterocycles. The summed E-state index contributed by atoms with van der Waals surface area (Å²) in [5.74, 6) is 0.549. The molecule has 7 heteroatoms. The van der Waals surface area contributed by atoms with Gasteiger partial charge >= 0.3 is 0 Å². The highest BCUT2D eigenvalue weighted by molar-refractivity contribution is 7.91. The Hall–Kier alpha value is -1.15. The molecule has 0 bridgehead atoms. The summed E-state index contributed by atoms with van der Waals surface area (Å²) in [6.07, 6.45) is 1.48. The molecule has 2 aromatic rings. The average molecular weight is 273 g/mol. The first-order chi connectivity index (χ1) is 8.12. The maximum Gasteiger partial charge on any atom is 0.250 e. The van der Waals surface area contributed by atoms with E-state index in [1.165, 1.54) is 12.3 Å². The van der Waals surface area contributed by atoms with Gasteiger partial charge in [-0.2, -0.15) is 0 Å². The summed E-state index contributed by atoms with van der Waals surface area (Å²) < 4.78 is 31.3. The molecule has 0 spiro atoms. The number of aliphatic hydroxyl groups is 1. The quantitative estimate of drug-likeness (QED) is 0.861. The van der Waals surface area contributed by atoms with Gasteiger partial charge in [0, 0.05) is 0 Å². The number of hydrogen-bond acceptors (Lipinski definition) is 5. The molecular formula is C10H11NO4S2. The van der Waals surface area contributed by atoms with Gasteiger partial charge in [0.15, 0.2) is 0 Å². The van der Waals surface area contributed by atoms with E-state index in [2.05, 4.69) is 4.72 Å². The van der Waals surface area contributed by atoms with Crippen molar-refractivity contribution in [2.45, 2.75) is 17.4 Å². The third kappa shape index (κ3) is 2.95. The van der Waals surface area contributed by atoms with E-state index in [1.807, 2.05) is 0 Å². The van der Waals surface area contributed by atoms with Crippen molar-refractivity contribution in [3.8, 4) is 0 Å². The summed E-state index contributed by atoms with van der Waals surface area (Å²) in [7, 11) is -3.53. The lowest BCUT2D eigenvalue weighted by Crippen LogP contribution is -2.22. The standard InChI is InChI=1S/C10H11NO4S2/c12-6-8-4-10(16-7-8)17(13,14)11-5-9-2-1-3-15-9/h1-4,7,11-12H,5-6H2. The first-order valence-electron chi connectivity index (χ1n) is 4.82. The van der Waals surface area contributed by atoms with Gasteiger partial charge in [-0.15, -0.1) is 11.3 Å². The molecule has 2 aromatic heterocycles.